The van der Waals surface area contributed by atoms with Gasteiger partial charge in [-0.25, -0.2) is 0 Å². The molecule has 1 aliphatic rings. The van der Waals surface area contributed by atoms with Crippen molar-refractivity contribution in [3.63, 3.8) is 0 Å². The number of hydrogen-bond donors (Lipinski definition) is 2. The smallest absolute Gasteiger partial charge is 0.276 e. The quantitative estimate of drug-likeness (QED) is 0.0799. The molecule has 2 amide bonds. The molecule has 0 saturated heterocycles. The lowest BCUT2D eigenvalue weighted by Crippen LogP contribution is -2.30. The average Bonchev–Trinajstić information content (AvgIpc) is 3.48. The molecule has 4 aromatic rings. The average molecular weight is 582 g/mol. The zero-order valence-electron chi connectivity index (χ0n) is 21.9. The second-order valence-corrected chi connectivity index (χ2v) is 10.0. The van der Waals surface area contributed by atoms with E-state index in [-0.39, 0.29) is 35.3 Å². The Balaban J connectivity index is 1.32. The first-order valence-electron chi connectivity index (χ1n) is 12.7. The Hall–Kier alpha value is -5.42. The maximum absolute atomic E-state index is 13.4. The number of fused-ring (bicyclic) bond motifs is 1. The first-order chi connectivity index (χ1) is 20.4. The normalized spacial score (nSPS) is 12.0. The molecule has 5 rings (SSSR count). The molecule has 4 aromatic carbocycles. The largest absolute Gasteiger partial charge is 0.454 e. The number of carbonyl (C=O) groups is 3. The van der Waals surface area contributed by atoms with Gasteiger partial charge in [0.25, 0.3) is 17.5 Å². The lowest BCUT2D eigenvalue weighted by molar-refractivity contribution is -0.385. The topological polar surface area (TPSA) is 137 Å². The van der Waals surface area contributed by atoms with Crippen LogP contribution in [0.15, 0.2) is 108 Å². The summed E-state index contributed by atoms with van der Waals surface area (Å²) in [5, 5.41) is 16.9. The van der Waals surface area contributed by atoms with Gasteiger partial charge in [0.2, 0.25) is 6.79 Å². The molecule has 10 nitrogen and oxygen atoms in total. The maximum atomic E-state index is 13.4. The fourth-order valence-electron chi connectivity index (χ4n) is 4.04. The standard InChI is InChI=1S/C31H23N3O7S/c35-27(22-13-14-28-29(16-22)41-19-40-28)18-42-24-11-6-10-23(17-24)32-31(37)25(33-30(36)20-7-2-1-3-8-20)15-21-9-4-5-12-26(21)34(38)39/h1-17H,18-19H2,(H,32,37)(H,33,36)/b25-15-. The van der Waals surface area contributed by atoms with Crippen molar-refractivity contribution in [2.75, 3.05) is 17.9 Å². The molecule has 0 aliphatic carbocycles. The number of amides is 2. The van der Waals surface area contributed by atoms with Gasteiger partial charge in [-0.2, -0.15) is 0 Å². The Kier molecular flexibility index (Phi) is 8.59. The summed E-state index contributed by atoms with van der Waals surface area (Å²) in [7, 11) is 0. The predicted octanol–water partition coefficient (Wildman–Crippen LogP) is 5.71. The molecule has 0 bridgehead atoms. The van der Waals surface area contributed by atoms with Crippen LogP contribution in [-0.4, -0.2) is 35.1 Å². The third-order valence-electron chi connectivity index (χ3n) is 6.12. The molecule has 1 heterocycles. The first kappa shape index (κ1) is 28.1. The number of nitro groups is 1. The predicted molar refractivity (Wildman–Crippen MR) is 158 cm³/mol. The van der Waals surface area contributed by atoms with Crippen molar-refractivity contribution in [2.24, 2.45) is 0 Å². The van der Waals surface area contributed by atoms with Crippen LogP contribution in [0, 0.1) is 10.1 Å². The van der Waals surface area contributed by atoms with Crippen LogP contribution in [0.25, 0.3) is 6.08 Å². The molecule has 210 valence electrons. The fourth-order valence-corrected chi connectivity index (χ4v) is 4.89. The number of para-hydroxylation sites is 1. The molecule has 0 aromatic heterocycles. The Morgan fingerprint density at radius 3 is 2.43 bits per heavy atom. The minimum Gasteiger partial charge on any atom is -0.454 e. The number of anilines is 1. The third-order valence-corrected chi connectivity index (χ3v) is 7.11. The molecular weight excluding hydrogens is 558 g/mol. The van der Waals surface area contributed by atoms with Crippen LogP contribution in [0.4, 0.5) is 11.4 Å². The van der Waals surface area contributed by atoms with E-state index < -0.39 is 16.7 Å². The lowest BCUT2D eigenvalue weighted by Gasteiger charge is -2.12. The Morgan fingerprint density at radius 1 is 0.857 bits per heavy atom. The van der Waals surface area contributed by atoms with Crippen LogP contribution in [0.3, 0.4) is 0 Å². The summed E-state index contributed by atoms with van der Waals surface area (Å²) in [6.07, 6.45) is 1.26. The van der Waals surface area contributed by atoms with E-state index in [2.05, 4.69) is 10.6 Å². The summed E-state index contributed by atoms with van der Waals surface area (Å²) in [4.78, 5) is 50.7. The number of nitrogens with one attached hydrogen (secondary N) is 2. The van der Waals surface area contributed by atoms with Gasteiger partial charge in [-0.1, -0.05) is 36.4 Å². The molecule has 0 spiro atoms. The van der Waals surface area contributed by atoms with Gasteiger partial charge in [0.05, 0.1) is 16.2 Å². The highest BCUT2D eigenvalue weighted by Gasteiger charge is 2.19. The molecule has 42 heavy (non-hydrogen) atoms. The number of nitrogens with zero attached hydrogens (tertiary/aromatic N) is 1. The van der Waals surface area contributed by atoms with Crippen molar-refractivity contribution in [2.45, 2.75) is 4.90 Å². The second kappa shape index (κ2) is 12.8. The number of thioether (sulfide) groups is 1. The van der Waals surface area contributed by atoms with Gasteiger partial charge in [-0.3, -0.25) is 24.5 Å². The van der Waals surface area contributed by atoms with Crippen molar-refractivity contribution >= 4 is 46.8 Å². The van der Waals surface area contributed by atoms with Gasteiger partial charge in [0, 0.05) is 27.8 Å². The molecule has 0 radical (unpaired) electrons. The number of carbonyl (C=O) groups excluding carboxylic acids is 3. The highest BCUT2D eigenvalue weighted by molar-refractivity contribution is 8.00. The molecule has 1 aliphatic heterocycles. The van der Waals surface area contributed by atoms with Crippen LogP contribution < -0.4 is 20.1 Å². The number of hydrogen-bond acceptors (Lipinski definition) is 8. The highest BCUT2D eigenvalue weighted by Crippen LogP contribution is 2.33. The van der Waals surface area contributed by atoms with Gasteiger partial charge in [-0.05, 0) is 60.7 Å². The van der Waals surface area contributed by atoms with Crippen molar-refractivity contribution in [1.29, 1.82) is 0 Å². The zero-order chi connectivity index (χ0) is 29.5. The molecular formula is C31H23N3O7S. The van der Waals surface area contributed by atoms with Crippen LogP contribution in [0.5, 0.6) is 11.5 Å². The van der Waals surface area contributed by atoms with Crippen molar-refractivity contribution in [3.05, 3.63) is 130 Å². The van der Waals surface area contributed by atoms with Crippen LogP contribution >= 0.6 is 11.8 Å². The number of rotatable bonds is 10. The van der Waals surface area contributed by atoms with Crippen molar-refractivity contribution < 1.29 is 28.8 Å². The van der Waals surface area contributed by atoms with Gasteiger partial charge in [-0.15, -0.1) is 11.8 Å². The van der Waals surface area contributed by atoms with Crippen LogP contribution in [-0.2, 0) is 4.79 Å². The number of nitro benzene ring substituents is 1. The SMILES string of the molecule is O=C(Nc1cccc(SCC(=O)c2ccc3c(c2)OCO3)c1)/C(=C/c1ccccc1[N+](=O)[O-])NC(=O)c1ccccc1. The van der Waals surface area contributed by atoms with E-state index in [1.54, 1.807) is 78.9 Å². The Labute approximate surface area is 244 Å². The van der Waals surface area contributed by atoms with E-state index in [1.165, 1.54) is 36.0 Å². The number of ether oxygens (including phenoxy) is 2. The molecule has 11 heteroatoms. The third kappa shape index (κ3) is 6.83. The Bertz CT molecular complexity index is 1710. The minimum atomic E-state index is -0.684. The van der Waals surface area contributed by atoms with Gasteiger partial charge >= 0.3 is 0 Å². The molecule has 0 fully saturated rings. The summed E-state index contributed by atoms with van der Waals surface area (Å²) >= 11 is 1.29. The molecule has 0 saturated carbocycles. The van der Waals surface area contributed by atoms with Gasteiger partial charge in [0.15, 0.2) is 17.3 Å². The van der Waals surface area contributed by atoms with Crippen LogP contribution in [0.1, 0.15) is 26.3 Å². The summed E-state index contributed by atoms with van der Waals surface area (Å²) in [6.45, 7) is 0.120. The zero-order valence-corrected chi connectivity index (χ0v) is 22.8. The summed E-state index contributed by atoms with van der Waals surface area (Å²) in [5.74, 6) is -0.0750. The van der Waals surface area contributed by atoms with Crippen molar-refractivity contribution in [1.82, 2.24) is 5.32 Å². The summed E-state index contributed by atoms with van der Waals surface area (Å²) < 4.78 is 10.6. The number of benzene rings is 4. The minimum absolute atomic E-state index is 0.106. The van der Waals surface area contributed by atoms with E-state index in [0.29, 0.717) is 28.3 Å². The monoisotopic (exact) mass is 581 g/mol. The first-order valence-corrected chi connectivity index (χ1v) is 13.6. The van der Waals surface area contributed by atoms with Crippen molar-refractivity contribution in [3.8, 4) is 11.5 Å². The fraction of sp³-hybridized carbons (Fsp3) is 0.0645. The van der Waals surface area contributed by atoms with E-state index >= 15 is 0 Å². The van der Waals surface area contributed by atoms with E-state index in [9.17, 15) is 24.5 Å². The van der Waals surface area contributed by atoms with Crippen LogP contribution in [0.2, 0.25) is 0 Å². The molecule has 0 atom stereocenters. The van der Waals surface area contributed by atoms with Gasteiger partial charge in [0.1, 0.15) is 5.70 Å². The Morgan fingerprint density at radius 2 is 1.62 bits per heavy atom. The summed E-state index contributed by atoms with van der Waals surface area (Å²) in [6, 6.07) is 26.1. The van der Waals surface area contributed by atoms with E-state index in [4.69, 9.17) is 9.47 Å². The van der Waals surface area contributed by atoms with Gasteiger partial charge < -0.3 is 20.1 Å². The molecule has 0 unspecified atom stereocenters. The number of Topliss-reactive ketones (excluding diaryl/α,β-unsaturated/α-hetero) is 1. The molecule has 2 N–H and O–H groups in total. The number of ketones is 1. The maximum Gasteiger partial charge on any atom is 0.276 e. The summed E-state index contributed by atoms with van der Waals surface area (Å²) in [5.41, 5.74) is 0.950. The second-order valence-electron chi connectivity index (χ2n) is 8.96. The highest BCUT2D eigenvalue weighted by atomic mass is 32.2. The lowest BCUT2D eigenvalue weighted by atomic mass is 10.1. The van der Waals surface area contributed by atoms with E-state index in [1.807, 2.05) is 0 Å². The van der Waals surface area contributed by atoms with E-state index in [0.717, 1.165) is 4.90 Å².